The number of methoxy groups -OCH3 is 1. The number of hydrogen-bond donors (Lipinski definition) is 4. The molecule has 45 heavy (non-hydrogen) atoms. The third kappa shape index (κ3) is 8.54. The molecule has 11 heteroatoms. The summed E-state index contributed by atoms with van der Waals surface area (Å²) in [7, 11) is 1.34. The number of nitrogens with zero attached hydrogens (tertiary/aromatic N) is 1. The summed E-state index contributed by atoms with van der Waals surface area (Å²) in [4.78, 5) is 38.4. The minimum absolute atomic E-state index is 0.0626. The van der Waals surface area contributed by atoms with E-state index in [4.69, 9.17) is 9.84 Å². The summed E-state index contributed by atoms with van der Waals surface area (Å²) >= 11 is 0. The Morgan fingerprint density at radius 1 is 1.07 bits per heavy atom. The number of carbonyl (C=O) groups is 3. The van der Waals surface area contributed by atoms with E-state index in [-0.39, 0.29) is 23.5 Å². The van der Waals surface area contributed by atoms with Crippen LogP contribution < -0.4 is 20.3 Å². The van der Waals surface area contributed by atoms with E-state index in [9.17, 15) is 28.3 Å². The summed E-state index contributed by atoms with van der Waals surface area (Å²) in [5, 5.41) is 23.3. The normalized spacial score (nSPS) is 13.6. The van der Waals surface area contributed by atoms with Gasteiger partial charge in [0.15, 0.2) is 6.10 Å². The lowest BCUT2D eigenvalue weighted by molar-refractivity contribution is -0.146. The molecule has 4 rings (SSSR count). The van der Waals surface area contributed by atoms with Crippen LogP contribution in [0.1, 0.15) is 52.7 Å². The number of carboxylic acid groups (broad SMARTS) is 1. The zero-order valence-corrected chi connectivity index (χ0v) is 24.8. The van der Waals surface area contributed by atoms with E-state index < -0.39 is 42.0 Å². The van der Waals surface area contributed by atoms with Crippen LogP contribution >= 0.6 is 0 Å². The van der Waals surface area contributed by atoms with Crippen molar-refractivity contribution < 1.29 is 38.1 Å². The first-order valence-corrected chi connectivity index (χ1v) is 14.4. The van der Waals surface area contributed by atoms with Gasteiger partial charge in [-0.15, -0.1) is 0 Å². The first-order chi connectivity index (χ1) is 21.5. The Balaban J connectivity index is 1.60. The Morgan fingerprint density at radius 2 is 1.78 bits per heavy atom. The smallest absolute Gasteiger partial charge is 0.334 e. The summed E-state index contributed by atoms with van der Waals surface area (Å²) in [6.45, 7) is 2.81. The fourth-order valence-corrected chi connectivity index (χ4v) is 4.85. The van der Waals surface area contributed by atoms with Crippen molar-refractivity contribution in [2.75, 3.05) is 23.9 Å². The quantitative estimate of drug-likeness (QED) is 0.175. The van der Waals surface area contributed by atoms with Crippen molar-refractivity contribution in [1.82, 2.24) is 5.32 Å². The van der Waals surface area contributed by atoms with Crippen molar-refractivity contribution in [3.8, 4) is 5.75 Å². The van der Waals surface area contributed by atoms with Gasteiger partial charge in [0.05, 0.1) is 20.2 Å². The number of alkyl halides is 2. The van der Waals surface area contributed by atoms with E-state index in [1.54, 1.807) is 12.1 Å². The maximum absolute atomic E-state index is 14.5. The van der Waals surface area contributed by atoms with Crippen LogP contribution in [0.15, 0.2) is 85.5 Å². The van der Waals surface area contributed by atoms with Gasteiger partial charge in [-0.05, 0) is 84.9 Å². The van der Waals surface area contributed by atoms with Crippen LogP contribution in [-0.4, -0.2) is 47.9 Å². The Hall–Kier alpha value is -5.03. The molecule has 0 aromatic heterocycles. The van der Waals surface area contributed by atoms with Gasteiger partial charge in [0.2, 0.25) is 0 Å². The molecule has 1 aliphatic rings. The van der Waals surface area contributed by atoms with E-state index >= 15 is 0 Å². The van der Waals surface area contributed by atoms with E-state index in [0.29, 0.717) is 17.3 Å². The number of benzene rings is 3. The predicted molar refractivity (Wildman–Crippen MR) is 168 cm³/mol. The number of rotatable bonds is 12. The van der Waals surface area contributed by atoms with Crippen molar-refractivity contribution in [3.63, 3.8) is 0 Å². The number of amides is 3. The maximum atomic E-state index is 14.5. The Labute approximate surface area is 259 Å². The number of nitrogens with one attached hydrogen (secondary N) is 2. The second kappa shape index (κ2) is 14.6. The lowest BCUT2D eigenvalue weighted by Crippen LogP contribution is -2.36. The van der Waals surface area contributed by atoms with Gasteiger partial charge in [0.25, 0.3) is 11.8 Å². The molecule has 0 fully saturated rings. The average molecular weight is 620 g/mol. The highest BCUT2D eigenvalue weighted by molar-refractivity contribution is 6.02. The summed E-state index contributed by atoms with van der Waals surface area (Å²) in [5.41, 5.74) is 3.44. The summed E-state index contributed by atoms with van der Waals surface area (Å²) in [5.74, 6) is -5.25. The maximum Gasteiger partial charge on any atom is 0.334 e. The number of urea groups is 1. The van der Waals surface area contributed by atoms with Gasteiger partial charge in [0.1, 0.15) is 5.75 Å². The average Bonchev–Trinajstić information content (AvgIpc) is 3.06. The minimum atomic E-state index is -3.35. The number of ether oxygens (including phenoxy) is 1. The van der Waals surface area contributed by atoms with Crippen molar-refractivity contribution in [2.24, 2.45) is 0 Å². The van der Waals surface area contributed by atoms with E-state index in [0.717, 1.165) is 37.3 Å². The molecule has 3 aromatic rings. The third-order valence-electron chi connectivity index (χ3n) is 7.42. The predicted octanol–water partition coefficient (Wildman–Crippen LogP) is 6.34. The fourth-order valence-electron chi connectivity index (χ4n) is 4.85. The molecule has 1 aliphatic carbocycles. The molecule has 3 amide bonds. The van der Waals surface area contributed by atoms with Crippen molar-refractivity contribution >= 4 is 34.9 Å². The summed E-state index contributed by atoms with van der Waals surface area (Å²) < 4.78 is 34.1. The van der Waals surface area contributed by atoms with Gasteiger partial charge >= 0.3 is 12.0 Å². The van der Waals surface area contributed by atoms with Crippen LogP contribution in [0.2, 0.25) is 0 Å². The Morgan fingerprint density at radius 3 is 2.38 bits per heavy atom. The van der Waals surface area contributed by atoms with Crippen LogP contribution in [0.25, 0.3) is 5.57 Å². The second-order valence-electron chi connectivity index (χ2n) is 10.6. The monoisotopic (exact) mass is 619 g/mol. The molecule has 1 atom stereocenters. The molecule has 236 valence electrons. The van der Waals surface area contributed by atoms with Gasteiger partial charge in [-0.3, -0.25) is 9.69 Å². The molecular formula is C34H35F2N3O6. The van der Waals surface area contributed by atoms with Crippen molar-refractivity contribution in [1.29, 1.82) is 0 Å². The molecule has 0 saturated carbocycles. The summed E-state index contributed by atoms with van der Waals surface area (Å²) in [6, 6.07) is 17.0. The van der Waals surface area contributed by atoms with Crippen LogP contribution in [-0.2, 0) is 17.3 Å². The molecule has 0 radical (unpaired) electrons. The topological polar surface area (TPSA) is 128 Å². The van der Waals surface area contributed by atoms with E-state index in [2.05, 4.69) is 23.3 Å². The van der Waals surface area contributed by atoms with Gasteiger partial charge in [-0.25, -0.2) is 9.59 Å². The highest BCUT2D eigenvalue weighted by Gasteiger charge is 2.29. The van der Waals surface area contributed by atoms with Crippen molar-refractivity contribution in [3.05, 3.63) is 108 Å². The molecule has 0 spiro atoms. The lowest BCUT2D eigenvalue weighted by atomic mass is 9.93. The van der Waals surface area contributed by atoms with Gasteiger partial charge in [-0.1, -0.05) is 36.9 Å². The number of hydrogen-bond acceptors (Lipinski definition) is 5. The minimum Gasteiger partial charge on any atom is -0.497 e. The molecular weight excluding hydrogens is 584 g/mol. The molecule has 9 nitrogen and oxygen atoms in total. The van der Waals surface area contributed by atoms with E-state index in [1.165, 1.54) is 41.8 Å². The lowest BCUT2D eigenvalue weighted by Gasteiger charge is -2.25. The second-order valence-corrected chi connectivity index (χ2v) is 10.6. The van der Waals surface area contributed by atoms with Crippen LogP contribution in [0, 0.1) is 0 Å². The molecule has 3 aromatic carbocycles. The largest absolute Gasteiger partial charge is 0.497 e. The van der Waals surface area contributed by atoms with Gasteiger partial charge < -0.3 is 25.6 Å². The Kier molecular flexibility index (Phi) is 10.7. The standard InChI is InChI=1S/C34H35F2N3O6/c1-3-34(35,36)26-17-27(19-29(18-26)45-2)38-33(44)39(28-15-13-24(14-16-28)23-7-5-4-6-8-23)21-22-9-11-25(12-10-22)31(41)37-20-30(40)32(42)43/h3,7,9-19,30,40H,1,4-6,8,20-21H2,2H3,(H,37,41)(H,38,44)(H,42,43)/t30-/m1/s1. The fraction of sp³-hybridized carbons (Fsp3) is 0.265. The summed E-state index contributed by atoms with van der Waals surface area (Å²) in [6.07, 6.45) is 5.28. The zero-order chi connectivity index (χ0) is 32.6. The third-order valence-corrected chi connectivity index (χ3v) is 7.42. The highest BCUT2D eigenvalue weighted by Crippen LogP contribution is 2.34. The number of aliphatic hydroxyl groups excluding tert-OH is 1. The van der Waals surface area contributed by atoms with Gasteiger partial charge in [0, 0.05) is 28.6 Å². The number of aliphatic hydroxyl groups is 1. The molecule has 0 unspecified atom stereocenters. The highest BCUT2D eigenvalue weighted by atomic mass is 19.3. The first kappa shape index (κ1) is 32.9. The number of halogens is 2. The molecule has 0 saturated heterocycles. The first-order valence-electron chi connectivity index (χ1n) is 14.4. The molecule has 4 N–H and O–H groups in total. The number of allylic oxidation sites excluding steroid dienone is 3. The van der Waals surface area contributed by atoms with E-state index in [1.807, 2.05) is 24.3 Å². The van der Waals surface area contributed by atoms with Crippen LogP contribution in [0.4, 0.5) is 25.0 Å². The SMILES string of the molecule is C=CC(F)(F)c1cc(NC(=O)N(Cc2ccc(C(=O)NC[C@@H](O)C(=O)O)cc2)c2ccc(C3=CCCCC3)cc2)cc(OC)c1. The van der Waals surface area contributed by atoms with Crippen LogP contribution in [0.5, 0.6) is 5.75 Å². The number of carbonyl (C=O) groups excluding carboxylic acids is 2. The number of anilines is 2. The van der Waals surface area contributed by atoms with Crippen LogP contribution in [0.3, 0.4) is 0 Å². The Bertz CT molecular complexity index is 1570. The number of aliphatic carboxylic acids is 1. The molecule has 0 bridgehead atoms. The molecule has 0 aliphatic heterocycles. The molecule has 0 heterocycles. The van der Waals surface area contributed by atoms with Crippen molar-refractivity contribution in [2.45, 2.75) is 44.3 Å². The zero-order valence-electron chi connectivity index (χ0n) is 24.8. The van der Waals surface area contributed by atoms with Gasteiger partial charge in [-0.2, -0.15) is 8.78 Å². The number of carboxylic acids is 1.